The van der Waals surface area contributed by atoms with E-state index in [-0.39, 0.29) is 18.2 Å². The summed E-state index contributed by atoms with van der Waals surface area (Å²) in [5.41, 5.74) is 0.825. The minimum atomic E-state index is -4.17. The van der Waals surface area contributed by atoms with Gasteiger partial charge in [0, 0.05) is 5.92 Å². The quantitative estimate of drug-likeness (QED) is 0.348. The zero-order valence-electron chi connectivity index (χ0n) is 15.4. The second-order valence-electron chi connectivity index (χ2n) is 5.92. The molecule has 2 atom stereocenters. The molecule has 0 radical (unpaired) electrons. The van der Waals surface area contributed by atoms with Crippen molar-refractivity contribution in [2.45, 2.75) is 25.8 Å². The lowest BCUT2D eigenvalue weighted by atomic mass is 9.87. The Morgan fingerprint density at radius 2 is 1.74 bits per heavy atom. The fourth-order valence-electron chi connectivity index (χ4n) is 2.56. The van der Waals surface area contributed by atoms with E-state index >= 15 is 0 Å². The summed E-state index contributed by atoms with van der Waals surface area (Å²) in [6.45, 7) is 8.05. The highest BCUT2D eigenvalue weighted by Gasteiger charge is 2.44. The third-order valence-electron chi connectivity index (χ3n) is 3.73. The van der Waals surface area contributed by atoms with Crippen LogP contribution in [0.15, 0.2) is 37.0 Å². The van der Waals surface area contributed by atoms with Crippen molar-refractivity contribution >= 4 is 28.5 Å². The van der Waals surface area contributed by atoms with Gasteiger partial charge in [-0.15, -0.1) is 5.01 Å². The van der Waals surface area contributed by atoms with Gasteiger partial charge in [0.1, 0.15) is 19.5 Å². The van der Waals surface area contributed by atoms with Gasteiger partial charge in [0.05, 0.1) is 12.3 Å². The monoisotopic (exact) mass is 400 g/mol. The molecule has 0 saturated carbocycles. The number of hydrazine groups is 1. The van der Waals surface area contributed by atoms with Crippen LogP contribution in [0.2, 0.25) is 0 Å². The highest BCUT2D eigenvalue weighted by molar-refractivity contribution is 7.88. The van der Waals surface area contributed by atoms with Gasteiger partial charge in [0.25, 0.3) is 0 Å². The third-order valence-corrected chi connectivity index (χ3v) is 4.81. The van der Waals surface area contributed by atoms with Gasteiger partial charge >= 0.3 is 12.2 Å². The lowest BCUT2D eigenvalue weighted by Gasteiger charge is -2.38. The van der Waals surface area contributed by atoms with Crippen LogP contribution in [0.4, 0.5) is 9.59 Å². The molecule has 10 heteroatoms. The predicted molar refractivity (Wildman–Crippen MR) is 97.9 cm³/mol. The Hall–Kier alpha value is -2.46. The number of ether oxygens (including phenoxy) is 2. The number of hydrogen-bond donors (Lipinski definition) is 0. The van der Waals surface area contributed by atoms with Crippen LogP contribution < -0.4 is 0 Å². The topological polar surface area (TPSA) is 110 Å². The summed E-state index contributed by atoms with van der Waals surface area (Å²) in [6, 6.07) is -1.07. The van der Waals surface area contributed by atoms with Gasteiger partial charge < -0.3 is 14.3 Å². The molecule has 0 bridgehead atoms. The fourth-order valence-corrected chi connectivity index (χ4v) is 3.65. The zero-order chi connectivity index (χ0) is 20.6. The number of nitrogens with zero attached hydrogens (tertiary/aromatic N) is 2. The Labute approximate surface area is 158 Å². The first-order valence-corrected chi connectivity index (χ1v) is 9.99. The van der Waals surface area contributed by atoms with E-state index in [0.717, 1.165) is 11.8 Å². The van der Waals surface area contributed by atoms with Crippen molar-refractivity contribution in [2.75, 3.05) is 19.5 Å². The van der Waals surface area contributed by atoms with Gasteiger partial charge in [0.2, 0.25) is 10.0 Å². The van der Waals surface area contributed by atoms with Crippen LogP contribution in [0.25, 0.3) is 0 Å². The molecule has 1 aliphatic rings. The van der Waals surface area contributed by atoms with Gasteiger partial charge in [-0.05, 0) is 19.8 Å². The molecule has 0 saturated heterocycles. The van der Waals surface area contributed by atoms with E-state index in [1.165, 1.54) is 18.2 Å². The number of rotatable bonds is 8. The van der Waals surface area contributed by atoms with Crippen molar-refractivity contribution < 1.29 is 32.3 Å². The first-order valence-electron chi connectivity index (χ1n) is 8.14. The van der Waals surface area contributed by atoms with Gasteiger partial charge in [-0.2, -0.15) is 0 Å². The first kappa shape index (κ1) is 22.6. The largest absolute Gasteiger partial charge is 0.444 e. The first-order chi connectivity index (χ1) is 12.7. The predicted octanol–water partition coefficient (Wildman–Crippen LogP) is 2.03. The number of carbonyl (C=O) groups is 3. The number of allylic oxidation sites excluding steroid dienone is 1. The summed E-state index contributed by atoms with van der Waals surface area (Å²) in [5, 5.41) is 0.249. The van der Waals surface area contributed by atoms with Crippen LogP contribution in [0.5, 0.6) is 0 Å². The molecular weight excluding hydrogens is 376 g/mol. The number of hydrogen-bond acceptors (Lipinski definition) is 7. The van der Waals surface area contributed by atoms with E-state index in [1.807, 2.05) is 0 Å². The van der Waals surface area contributed by atoms with Crippen LogP contribution in [-0.2, 0) is 24.3 Å². The summed E-state index contributed by atoms with van der Waals surface area (Å²) in [6.07, 6.45) is 3.92. The van der Waals surface area contributed by atoms with Gasteiger partial charge in [-0.1, -0.05) is 41.4 Å². The maximum Gasteiger partial charge on any atom is 0.435 e. The molecule has 1 aliphatic carbocycles. The Bertz CT molecular complexity index is 706. The highest BCUT2D eigenvalue weighted by atomic mass is 32.2. The minimum absolute atomic E-state index is 0.249. The molecular formula is C17H24N2O7S. The lowest BCUT2D eigenvalue weighted by molar-refractivity contribution is -0.113. The molecule has 0 aromatic carbocycles. The fraction of sp³-hybridized carbons (Fsp3) is 0.471. The Morgan fingerprint density at radius 1 is 1.22 bits per heavy atom. The van der Waals surface area contributed by atoms with Crippen molar-refractivity contribution in [3.63, 3.8) is 0 Å². The van der Waals surface area contributed by atoms with E-state index in [1.54, 1.807) is 6.92 Å². The van der Waals surface area contributed by atoms with Crippen LogP contribution in [0, 0.1) is 5.92 Å². The highest BCUT2D eigenvalue weighted by Crippen LogP contribution is 2.29. The Morgan fingerprint density at radius 3 is 2.15 bits per heavy atom. The van der Waals surface area contributed by atoms with E-state index < -0.39 is 34.2 Å². The van der Waals surface area contributed by atoms with Crippen LogP contribution in [-0.4, -0.2) is 61.8 Å². The molecule has 150 valence electrons. The smallest absolute Gasteiger partial charge is 0.435 e. The normalized spacial score (nSPS) is 19.6. The summed E-state index contributed by atoms with van der Waals surface area (Å²) in [5.74, 6) is -0.745. The van der Waals surface area contributed by atoms with Crippen molar-refractivity contribution in [2.24, 2.45) is 5.92 Å². The second kappa shape index (κ2) is 10.0. The molecule has 2 amide bonds. The van der Waals surface area contributed by atoms with E-state index in [2.05, 4.69) is 13.2 Å². The van der Waals surface area contributed by atoms with Crippen molar-refractivity contribution in [3.8, 4) is 0 Å². The van der Waals surface area contributed by atoms with Crippen LogP contribution in [0.3, 0.4) is 0 Å². The number of amides is 2. The second-order valence-corrected chi connectivity index (χ2v) is 7.76. The molecule has 1 rings (SSSR count). The van der Waals surface area contributed by atoms with Crippen molar-refractivity contribution in [1.82, 2.24) is 9.42 Å². The summed E-state index contributed by atoms with van der Waals surface area (Å²) >= 11 is 0. The van der Waals surface area contributed by atoms with Gasteiger partial charge in [0.15, 0.2) is 0 Å². The number of imide groups is 1. The molecule has 0 N–H and O–H groups in total. The summed E-state index contributed by atoms with van der Waals surface area (Å²) in [4.78, 5) is 36.3. The van der Waals surface area contributed by atoms with E-state index in [4.69, 9.17) is 9.47 Å². The molecule has 9 nitrogen and oxygen atoms in total. The maximum atomic E-state index is 12.5. The van der Waals surface area contributed by atoms with Crippen molar-refractivity contribution in [1.29, 1.82) is 0 Å². The molecule has 0 aliphatic heterocycles. The molecule has 0 aromatic rings. The molecule has 0 spiro atoms. The summed E-state index contributed by atoms with van der Waals surface area (Å²) in [7, 11) is -4.17. The van der Waals surface area contributed by atoms with Crippen LogP contribution >= 0.6 is 0 Å². The van der Waals surface area contributed by atoms with Gasteiger partial charge in [-0.25, -0.2) is 18.0 Å². The number of sulfonamides is 1. The average molecular weight is 400 g/mol. The summed E-state index contributed by atoms with van der Waals surface area (Å²) < 4.78 is 35.2. The standard InChI is InChI=1S/C17H24N2O7S/c1-5-9-25-16(21)18(17(22)26-10-6-2)19(27(4,23)24)15-11-13(3)7-8-14(15)12-20/h5-6,11-12,14-15H,1-2,7-10H2,3-4H3/t14-,15-/m0/s1. The average Bonchev–Trinajstić information content (AvgIpc) is 2.60. The Kier molecular flexibility index (Phi) is 8.38. The molecule has 0 fully saturated rings. The maximum absolute atomic E-state index is 12.5. The number of carbonyl (C=O) groups excluding carboxylic acids is 3. The SMILES string of the molecule is C=CCOC(=O)N(C(=O)OCC=C)N([C@H]1C=C(C)CC[C@H]1C=O)S(C)(=O)=O. The Balaban J connectivity index is 3.45. The lowest BCUT2D eigenvalue weighted by Crippen LogP contribution is -2.58. The number of aldehydes is 1. The molecule has 0 aromatic heterocycles. The van der Waals surface area contributed by atoms with E-state index in [9.17, 15) is 22.8 Å². The molecule has 0 unspecified atom stereocenters. The van der Waals surface area contributed by atoms with E-state index in [0.29, 0.717) is 23.5 Å². The van der Waals surface area contributed by atoms with Gasteiger partial charge in [-0.3, -0.25) is 0 Å². The van der Waals surface area contributed by atoms with Crippen molar-refractivity contribution in [3.05, 3.63) is 37.0 Å². The minimum Gasteiger partial charge on any atom is -0.444 e. The molecule has 0 heterocycles. The zero-order valence-corrected chi connectivity index (χ0v) is 16.2. The third kappa shape index (κ3) is 6.04. The molecule has 27 heavy (non-hydrogen) atoms. The van der Waals surface area contributed by atoms with Crippen LogP contribution in [0.1, 0.15) is 19.8 Å².